The largest absolute Gasteiger partial charge is 0.338 e. The van der Waals surface area contributed by atoms with Gasteiger partial charge in [0.2, 0.25) is 0 Å². The van der Waals surface area contributed by atoms with Crippen LogP contribution in [0, 0.1) is 5.41 Å². The van der Waals surface area contributed by atoms with Gasteiger partial charge in [-0.05, 0) is 18.8 Å². The summed E-state index contributed by atoms with van der Waals surface area (Å²) in [5.41, 5.74) is 5.71. The Kier molecular flexibility index (Phi) is 5.79. The number of urea groups is 1. The van der Waals surface area contributed by atoms with Crippen LogP contribution in [-0.4, -0.2) is 24.7 Å². The number of carbonyl (C=O) groups excluding carboxylic acids is 1. The second-order valence-corrected chi connectivity index (χ2v) is 5.63. The van der Waals surface area contributed by atoms with Crippen molar-refractivity contribution in [1.82, 2.24) is 10.6 Å². The van der Waals surface area contributed by atoms with Crippen molar-refractivity contribution in [1.29, 1.82) is 0 Å². The van der Waals surface area contributed by atoms with Crippen LogP contribution in [0.3, 0.4) is 0 Å². The highest BCUT2D eigenvalue weighted by molar-refractivity contribution is 5.73. The van der Waals surface area contributed by atoms with Crippen LogP contribution >= 0.6 is 0 Å². The molecule has 0 spiro atoms. The molecule has 1 atom stereocenters. The molecule has 96 valence electrons. The summed E-state index contributed by atoms with van der Waals surface area (Å²) in [6, 6.07) is -0.130. The summed E-state index contributed by atoms with van der Waals surface area (Å²) in [6.45, 7) is 11.5. The fraction of sp³-hybridized carbons (Fsp3) is 0.917. The highest BCUT2D eigenvalue weighted by Crippen LogP contribution is 2.26. The summed E-state index contributed by atoms with van der Waals surface area (Å²) >= 11 is 0. The SMILES string of the molecule is CCCCNC(=O)NCC(C)(N)C(C)(C)C. The van der Waals surface area contributed by atoms with E-state index in [1.807, 2.05) is 6.92 Å². The Morgan fingerprint density at radius 1 is 1.19 bits per heavy atom. The summed E-state index contributed by atoms with van der Waals surface area (Å²) in [4.78, 5) is 11.4. The van der Waals surface area contributed by atoms with E-state index in [1.54, 1.807) is 0 Å². The van der Waals surface area contributed by atoms with Gasteiger partial charge in [-0.25, -0.2) is 4.79 Å². The van der Waals surface area contributed by atoms with Gasteiger partial charge in [-0.2, -0.15) is 0 Å². The van der Waals surface area contributed by atoms with Gasteiger partial charge in [0.1, 0.15) is 0 Å². The van der Waals surface area contributed by atoms with Gasteiger partial charge in [-0.1, -0.05) is 34.1 Å². The maximum absolute atomic E-state index is 11.4. The average Bonchev–Trinajstić information content (AvgIpc) is 2.13. The molecule has 0 aromatic heterocycles. The highest BCUT2D eigenvalue weighted by atomic mass is 16.2. The standard InChI is InChI=1S/C12H27N3O/c1-6-7-8-14-10(16)15-9-12(5,13)11(2,3)4/h6-9,13H2,1-5H3,(H2,14,15,16). The molecule has 2 amide bonds. The second kappa shape index (κ2) is 6.09. The number of amides is 2. The van der Waals surface area contributed by atoms with Crippen molar-refractivity contribution in [3.63, 3.8) is 0 Å². The van der Waals surface area contributed by atoms with Crippen molar-refractivity contribution >= 4 is 6.03 Å². The molecule has 16 heavy (non-hydrogen) atoms. The van der Waals surface area contributed by atoms with Gasteiger partial charge in [-0.3, -0.25) is 0 Å². The summed E-state index contributed by atoms with van der Waals surface area (Å²) < 4.78 is 0. The number of nitrogens with two attached hydrogens (primary N) is 1. The number of nitrogens with one attached hydrogen (secondary N) is 2. The van der Waals surface area contributed by atoms with Gasteiger partial charge in [0.05, 0.1) is 0 Å². The number of hydrogen-bond acceptors (Lipinski definition) is 2. The lowest BCUT2D eigenvalue weighted by atomic mass is 9.75. The van der Waals surface area contributed by atoms with Gasteiger partial charge >= 0.3 is 6.03 Å². The lowest BCUT2D eigenvalue weighted by Gasteiger charge is -2.38. The molecule has 4 nitrogen and oxygen atoms in total. The van der Waals surface area contributed by atoms with Crippen molar-refractivity contribution in [2.45, 2.75) is 53.0 Å². The summed E-state index contributed by atoms with van der Waals surface area (Å²) in [6.07, 6.45) is 2.09. The molecule has 0 bridgehead atoms. The molecule has 4 heteroatoms. The van der Waals surface area contributed by atoms with Crippen molar-refractivity contribution in [3.05, 3.63) is 0 Å². The summed E-state index contributed by atoms with van der Waals surface area (Å²) in [5.74, 6) is 0. The Morgan fingerprint density at radius 3 is 2.19 bits per heavy atom. The highest BCUT2D eigenvalue weighted by Gasteiger charge is 2.33. The number of rotatable bonds is 5. The molecule has 0 heterocycles. The topological polar surface area (TPSA) is 67.2 Å². The zero-order valence-electron chi connectivity index (χ0n) is 11.3. The Bertz CT molecular complexity index is 219. The molecule has 0 saturated carbocycles. The maximum Gasteiger partial charge on any atom is 0.314 e. The van der Waals surface area contributed by atoms with E-state index in [0.29, 0.717) is 6.54 Å². The predicted octanol–water partition coefficient (Wildman–Crippen LogP) is 1.85. The Balaban J connectivity index is 3.92. The normalized spacial score (nSPS) is 15.4. The van der Waals surface area contributed by atoms with Crippen LogP contribution in [0.4, 0.5) is 4.79 Å². The molecular weight excluding hydrogens is 202 g/mol. The van der Waals surface area contributed by atoms with Gasteiger partial charge in [-0.15, -0.1) is 0 Å². The minimum Gasteiger partial charge on any atom is -0.338 e. The lowest BCUT2D eigenvalue weighted by molar-refractivity contribution is 0.196. The van der Waals surface area contributed by atoms with Crippen LogP contribution in [0.25, 0.3) is 0 Å². The van der Waals surface area contributed by atoms with E-state index in [2.05, 4.69) is 38.3 Å². The predicted molar refractivity (Wildman–Crippen MR) is 68.4 cm³/mol. The molecule has 0 fully saturated rings. The Hall–Kier alpha value is -0.770. The molecule has 0 aromatic rings. The Labute approximate surface area is 99.4 Å². The fourth-order valence-electron chi connectivity index (χ4n) is 0.970. The molecule has 0 aliphatic heterocycles. The van der Waals surface area contributed by atoms with Crippen LogP contribution < -0.4 is 16.4 Å². The van der Waals surface area contributed by atoms with E-state index < -0.39 is 5.54 Å². The van der Waals surface area contributed by atoms with Crippen LogP contribution in [0.15, 0.2) is 0 Å². The molecule has 0 radical (unpaired) electrons. The summed E-state index contributed by atoms with van der Waals surface area (Å²) in [7, 11) is 0. The van der Waals surface area contributed by atoms with Gasteiger partial charge < -0.3 is 16.4 Å². The molecule has 4 N–H and O–H groups in total. The van der Waals surface area contributed by atoms with E-state index in [4.69, 9.17) is 5.73 Å². The number of unbranched alkanes of at least 4 members (excludes halogenated alkanes) is 1. The van der Waals surface area contributed by atoms with Crippen LogP contribution in [-0.2, 0) is 0 Å². The quantitative estimate of drug-likeness (QED) is 0.630. The molecule has 0 rings (SSSR count). The van der Waals surface area contributed by atoms with E-state index in [0.717, 1.165) is 19.4 Å². The van der Waals surface area contributed by atoms with Gasteiger partial charge in [0.25, 0.3) is 0 Å². The first-order valence-corrected chi connectivity index (χ1v) is 6.01. The molecule has 0 aromatic carbocycles. The third-order valence-corrected chi connectivity index (χ3v) is 3.15. The van der Waals surface area contributed by atoms with Crippen molar-refractivity contribution < 1.29 is 4.79 Å². The minimum atomic E-state index is -0.408. The maximum atomic E-state index is 11.4. The molecule has 0 aliphatic carbocycles. The smallest absolute Gasteiger partial charge is 0.314 e. The third-order valence-electron chi connectivity index (χ3n) is 3.15. The van der Waals surface area contributed by atoms with Crippen molar-refractivity contribution in [3.8, 4) is 0 Å². The minimum absolute atomic E-state index is 0.0380. The zero-order valence-corrected chi connectivity index (χ0v) is 11.3. The van der Waals surface area contributed by atoms with Crippen LogP contribution in [0.5, 0.6) is 0 Å². The number of carbonyl (C=O) groups is 1. The second-order valence-electron chi connectivity index (χ2n) is 5.63. The van der Waals surface area contributed by atoms with Gasteiger partial charge in [0, 0.05) is 18.6 Å². The van der Waals surface area contributed by atoms with E-state index in [9.17, 15) is 4.79 Å². The van der Waals surface area contributed by atoms with Crippen molar-refractivity contribution in [2.24, 2.45) is 11.1 Å². The van der Waals surface area contributed by atoms with Crippen LogP contribution in [0.2, 0.25) is 0 Å². The molecule has 1 unspecified atom stereocenters. The molecule has 0 saturated heterocycles. The summed E-state index contributed by atoms with van der Waals surface area (Å²) in [5, 5.41) is 5.62. The fourth-order valence-corrected chi connectivity index (χ4v) is 0.970. The first-order valence-electron chi connectivity index (χ1n) is 6.01. The first-order chi connectivity index (χ1) is 7.20. The lowest BCUT2D eigenvalue weighted by Crippen LogP contribution is -2.57. The van der Waals surface area contributed by atoms with E-state index in [1.165, 1.54) is 0 Å². The van der Waals surface area contributed by atoms with E-state index in [-0.39, 0.29) is 11.4 Å². The zero-order chi connectivity index (χ0) is 12.8. The van der Waals surface area contributed by atoms with E-state index >= 15 is 0 Å². The average molecular weight is 229 g/mol. The number of hydrogen-bond donors (Lipinski definition) is 3. The van der Waals surface area contributed by atoms with Crippen molar-refractivity contribution in [2.75, 3.05) is 13.1 Å². The molecule has 0 aliphatic rings. The third kappa shape index (κ3) is 5.35. The monoisotopic (exact) mass is 229 g/mol. The van der Waals surface area contributed by atoms with Crippen LogP contribution in [0.1, 0.15) is 47.5 Å². The first kappa shape index (κ1) is 15.2. The Morgan fingerprint density at radius 2 is 1.75 bits per heavy atom. The van der Waals surface area contributed by atoms with Gasteiger partial charge in [0.15, 0.2) is 0 Å². The molecular formula is C12H27N3O.